The molecule has 3 aromatic rings. The molecule has 2 fully saturated rings. The third-order valence-electron chi connectivity index (χ3n) is 10.7. The molecule has 0 spiro atoms. The number of benzene rings is 2. The number of ether oxygens (including phenoxy) is 3. The molecule has 0 radical (unpaired) electrons. The fourth-order valence-corrected chi connectivity index (χ4v) is 15.7. The fourth-order valence-electron chi connectivity index (χ4n) is 8.07. The van der Waals surface area contributed by atoms with Crippen molar-refractivity contribution >= 4 is 35.8 Å². The normalized spacial score (nSPS) is 18.2. The maximum atomic E-state index is 14.7. The third-order valence-corrected chi connectivity index (χ3v) is 19.4. The highest BCUT2D eigenvalue weighted by molar-refractivity contribution is 7.92. The lowest BCUT2D eigenvalue weighted by atomic mass is 9.94. The number of morpholine rings is 1. The lowest BCUT2D eigenvalue weighted by Crippen LogP contribution is -2.48. The number of hydrogen-bond donors (Lipinski definition) is 1. The summed E-state index contributed by atoms with van der Waals surface area (Å²) in [6.45, 7) is 18.3. The Morgan fingerprint density at radius 1 is 0.942 bits per heavy atom. The number of carbonyl (C=O) groups excluding carboxylic acids is 1. The molecule has 1 amide bonds. The van der Waals surface area contributed by atoms with E-state index in [2.05, 4.69) is 58.7 Å². The number of nitrogens with zero attached hydrogens (tertiary/aromatic N) is 3. The zero-order chi connectivity index (χ0) is 37.5. The van der Waals surface area contributed by atoms with Gasteiger partial charge in [0.25, 0.3) is 0 Å². The first-order valence-electron chi connectivity index (χ1n) is 18.6. The second-order valence-electron chi connectivity index (χ2n) is 14.9. The van der Waals surface area contributed by atoms with E-state index in [0.717, 1.165) is 0 Å². The van der Waals surface area contributed by atoms with Crippen LogP contribution >= 0.6 is 0 Å². The van der Waals surface area contributed by atoms with Crippen LogP contribution in [0, 0.1) is 0 Å². The summed E-state index contributed by atoms with van der Waals surface area (Å²) in [6.07, 6.45) is 0.418. The van der Waals surface area contributed by atoms with Crippen LogP contribution in [0.4, 0.5) is 16.3 Å². The van der Waals surface area contributed by atoms with E-state index < -0.39 is 29.0 Å². The summed E-state index contributed by atoms with van der Waals surface area (Å²) in [5.41, 5.74) is 2.96. The molecule has 0 bridgehead atoms. The highest BCUT2D eigenvalue weighted by Crippen LogP contribution is 2.44. The van der Waals surface area contributed by atoms with Gasteiger partial charge in [-0.25, -0.2) is 23.2 Å². The molecule has 2 aliphatic rings. The van der Waals surface area contributed by atoms with Crippen LogP contribution < -0.4 is 15.0 Å². The van der Waals surface area contributed by atoms with E-state index in [1.165, 1.54) is 0 Å². The highest BCUT2D eigenvalue weighted by atomic mass is 32.2. The minimum Gasteiger partial charge on any atom is -0.416 e. The molecule has 1 aromatic heterocycles. The van der Waals surface area contributed by atoms with Crippen LogP contribution in [0.25, 0.3) is 11.4 Å². The van der Waals surface area contributed by atoms with E-state index in [1.807, 2.05) is 24.3 Å². The monoisotopic (exact) mass is 752 g/mol. The lowest BCUT2D eigenvalue weighted by Gasteiger charge is -2.42. The second kappa shape index (κ2) is 17.2. The van der Waals surface area contributed by atoms with Gasteiger partial charge >= 0.3 is 6.09 Å². The van der Waals surface area contributed by atoms with Crippen molar-refractivity contribution in [1.82, 2.24) is 9.97 Å². The topological polar surface area (TPSA) is 129 Å². The van der Waals surface area contributed by atoms with E-state index in [-0.39, 0.29) is 11.8 Å². The van der Waals surface area contributed by atoms with Crippen LogP contribution in [0.2, 0.25) is 16.6 Å². The van der Waals surface area contributed by atoms with Crippen LogP contribution in [0.3, 0.4) is 0 Å². The Balaban J connectivity index is 1.45. The fraction of sp³-hybridized carbons (Fsp3) is 0.564. The summed E-state index contributed by atoms with van der Waals surface area (Å²) in [5.74, 6) is 1.51. The van der Waals surface area contributed by atoms with Gasteiger partial charge in [0, 0.05) is 43.7 Å². The first kappa shape index (κ1) is 39.8. The van der Waals surface area contributed by atoms with Gasteiger partial charge in [-0.15, -0.1) is 0 Å². The van der Waals surface area contributed by atoms with Crippen molar-refractivity contribution < 1.29 is 31.8 Å². The molecule has 0 saturated carbocycles. The molecule has 13 heteroatoms. The third kappa shape index (κ3) is 8.70. The smallest absolute Gasteiger partial charge is 0.416 e. The van der Waals surface area contributed by atoms with E-state index in [1.54, 1.807) is 36.4 Å². The Morgan fingerprint density at radius 3 is 2.21 bits per heavy atom. The molecule has 0 aliphatic carbocycles. The minimum absolute atomic E-state index is 0.00611. The van der Waals surface area contributed by atoms with Gasteiger partial charge in [0.05, 0.1) is 30.7 Å². The number of para-hydroxylation sites is 1. The molecular formula is C39H56N4O7SSi. The highest BCUT2D eigenvalue weighted by Gasteiger charge is 2.49. The van der Waals surface area contributed by atoms with Crippen molar-refractivity contribution in [3.63, 3.8) is 0 Å². The van der Waals surface area contributed by atoms with Crippen molar-refractivity contribution in [2.45, 2.75) is 95.1 Å². The predicted molar refractivity (Wildman–Crippen MR) is 208 cm³/mol. The largest absolute Gasteiger partial charge is 0.417 e. The van der Waals surface area contributed by atoms with Gasteiger partial charge in [-0.1, -0.05) is 59.7 Å². The Hall–Kier alpha value is -3.36. The van der Waals surface area contributed by atoms with Crippen molar-refractivity contribution in [2.24, 2.45) is 0 Å². The molecule has 2 aliphatic heterocycles. The summed E-state index contributed by atoms with van der Waals surface area (Å²) in [5, 5.41) is 2.75. The Kier molecular flexibility index (Phi) is 13.2. The van der Waals surface area contributed by atoms with Gasteiger partial charge in [0.1, 0.15) is 16.3 Å². The number of sulfone groups is 1. The first-order chi connectivity index (χ1) is 24.8. The second-order valence-corrected chi connectivity index (χ2v) is 22.8. The van der Waals surface area contributed by atoms with Crippen LogP contribution in [-0.4, -0.2) is 84.2 Å². The summed E-state index contributed by atoms with van der Waals surface area (Å²) in [7, 11) is -5.86. The quantitative estimate of drug-likeness (QED) is 0.128. The van der Waals surface area contributed by atoms with Crippen molar-refractivity contribution in [1.29, 1.82) is 0 Å². The van der Waals surface area contributed by atoms with Gasteiger partial charge in [-0.05, 0) is 79.2 Å². The molecule has 2 aromatic carbocycles. The van der Waals surface area contributed by atoms with Crippen LogP contribution in [0.5, 0.6) is 5.75 Å². The number of hydrogen-bond acceptors (Lipinski definition) is 10. The zero-order valence-electron chi connectivity index (χ0n) is 31.8. The predicted octanol–water partition coefficient (Wildman–Crippen LogP) is 7.98. The molecule has 11 nitrogen and oxygen atoms in total. The number of carbonyl (C=O) groups is 1. The average molecular weight is 753 g/mol. The summed E-state index contributed by atoms with van der Waals surface area (Å²) >= 11 is 0. The average Bonchev–Trinajstić information content (AvgIpc) is 3.12. The maximum Gasteiger partial charge on any atom is 0.417 e. The minimum atomic E-state index is -3.72. The molecule has 52 heavy (non-hydrogen) atoms. The van der Waals surface area contributed by atoms with E-state index in [0.29, 0.717) is 110 Å². The number of anilines is 2. The number of amides is 1. The Bertz CT molecular complexity index is 1710. The van der Waals surface area contributed by atoms with Gasteiger partial charge < -0.3 is 23.5 Å². The van der Waals surface area contributed by atoms with Crippen molar-refractivity contribution in [3.05, 3.63) is 66.4 Å². The molecule has 5 rings (SSSR count). The molecule has 284 valence electrons. The lowest BCUT2D eigenvalue weighted by molar-refractivity contribution is 0.0729. The summed E-state index contributed by atoms with van der Waals surface area (Å²) in [4.78, 5) is 24.7. The maximum absolute atomic E-state index is 14.7. The van der Waals surface area contributed by atoms with E-state index >= 15 is 0 Å². The van der Waals surface area contributed by atoms with Gasteiger partial charge in [0.15, 0.2) is 24.0 Å². The number of nitrogens with one attached hydrogen (secondary N) is 1. The van der Waals surface area contributed by atoms with Crippen LogP contribution in [-0.2, 0) is 28.5 Å². The molecule has 3 heterocycles. The van der Waals surface area contributed by atoms with Gasteiger partial charge in [0.2, 0.25) is 0 Å². The van der Waals surface area contributed by atoms with Crippen LogP contribution in [0.15, 0.2) is 60.7 Å². The SMILES string of the molecule is CC(C)[Si](OCCCS(=O)(=O)C1(c2cc(N3CCOC[C@@H]3C)nc(-c3ccc(NC(=O)Oc4ccccc4)cc3)n2)CCOCC1)(C(C)C)C(C)C. The van der Waals surface area contributed by atoms with E-state index in [4.69, 9.17) is 28.6 Å². The molecule has 0 unspecified atom stereocenters. The Morgan fingerprint density at radius 2 is 1.60 bits per heavy atom. The number of rotatable bonds is 14. The van der Waals surface area contributed by atoms with Crippen molar-refractivity contribution in [3.8, 4) is 17.1 Å². The zero-order valence-corrected chi connectivity index (χ0v) is 33.6. The molecule has 1 N–H and O–H groups in total. The number of aromatic nitrogens is 2. The molecule has 2 saturated heterocycles. The van der Waals surface area contributed by atoms with Crippen molar-refractivity contribution in [2.75, 3.05) is 55.5 Å². The van der Waals surface area contributed by atoms with Crippen LogP contribution in [0.1, 0.15) is 73.4 Å². The first-order valence-corrected chi connectivity index (χ1v) is 22.4. The summed E-state index contributed by atoms with van der Waals surface area (Å²) < 4.78 is 51.7. The van der Waals surface area contributed by atoms with E-state index in [9.17, 15) is 13.2 Å². The standard InChI is InChI=1S/C39H56N4O7SSi/c1-28(2)52(29(3)4,30(5)6)49-21-11-25-51(45,46)39(18-22-47-23-19-39)35-26-36(43-20-24-48-27-31(43)7)42-37(41-35)32-14-16-33(17-15-32)40-38(44)50-34-12-9-8-10-13-34/h8-10,12-17,26,28-31H,11,18-25,27H2,1-7H3,(H,40,44)/t31-/m0/s1. The summed E-state index contributed by atoms with van der Waals surface area (Å²) in [6, 6.07) is 17.9. The Labute approximate surface area is 310 Å². The molecule has 1 atom stereocenters. The molecular weight excluding hydrogens is 697 g/mol. The van der Waals surface area contributed by atoms with Gasteiger partial charge in [-0.3, -0.25) is 5.32 Å². The van der Waals surface area contributed by atoms with Gasteiger partial charge in [-0.2, -0.15) is 0 Å².